The Labute approximate surface area is 188 Å². The molecule has 0 radical (unpaired) electrons. The molecule has 0 aliphatic carbocycles. The number of ether oxygens (including phenoxy) is 1. The highest BCUT2D eigenvalue weighted by Crippen LogP contribution is 2.26. The van der Waals surface area contributed by atoms with Crippen LogP contribution in [0.25, 0.3) is 11.0 Å². The van der Waals surface area contributed by atoms with Crippen LogP contribution in [0, 0.1) is 5.92 Å². The molecule has 0 saturated carbocycles. The van der Waals surface area contributed by atoms with Crippen LogP contribution in [0.5, 0.6) is 0 Å². The van der Waals surface area contributed by atoms with Crippen molar-refractivity contribution in [1.82, 2.24) is 19.8 Å². The average molecular weight is 443 g/mol. The molecule has 2 fully saturated rings. The second kappa shape index (κ2) is 10.6. The number of hydrogen-bond acceptors (Lipinski definition) is 6. The Morgan fingerprint density at radius 3 is 2.75 bits per heavy atom. The lowest BCUT2D eigenvalue weighted by molar-refractivity contribution is -0.131. The normalized spacial score (nSPS) is 22.3. The van der Waals surface area contributed by atoms with Crippen LogP contribution in [-0.2, 0) is 27.8 Å². The highest BCUT2D eigenvalue weighted by Gasteiger charge is 2.28. The predicted molar refractivity (Wildman–Crippen MR) is 123 cm³/mol. The highest BCUT2D eigenvalue weighted by molar-refractivity contribution is 6.27. The van der Waals surface area contributed by atoms with Gasteiger partial charge in [-0.3, -0.25) is 18.7 Å². The van der Waals surface area contributed by atoms with E-state index < -0.39 is 11.8 Å². The van der Waals surface area contributed by atoms with Gasteiger partial charge >= 0.3 is 5.69 Å². The molecular formula is C24H34N4O4. The van der Waals surface area contributed by atoms with Crippen LogP contribution in [0.15, 0.2) is 23.0 Å². The summed E-state index contributed by atoms with van der Waals surface area (Å²) in [5.41, 5.74) is 3.02. The molecule has 4 rings (SSSR count). The minimum atomic E-state index is -0.435. The molecule has 2 aliphatic heterocycles. The fourth-order valence-electron chi connectivity index (χ4n) is 5.12. The third-order valence-corrected chi connectivity index (χ3v) is 6.95. The summed E-state index contributed by atoms with van der Waals surface area (Å²) >= 11 is 0. The number of imidazole rings is 1. The van der Waals surface area contributed by atoms with Gasteiger partial charge in [0.1, 0.15) is 0 Å². The molecule has 0 bridgehead atoms. The minimum absolute atomic E-state index is 0.0366. The summed E-state index contributed by atoms with van der Waals surface area (Å²) in [6.07, 6.45) is 5.78. The second-order valence-electron chi connectivity index (χ2n) is 9.08. The van der Waals surface area contributed by atoms with E-state index in [4.69, 9.17) is 4.74 Å². The molecule has 2 saturated heterocycles. The molecule has 0 amide bonds. The van der Waals surface area contributed by atoms with Gasteiger partial charge in [-0.2, -0.15) is 0 Å². The van der Waals surface area contributed by atoms with Crippen LogP contribution in [0.1, 0.15) is 43.7 Å². The first-order valence-electron chi connectivity index (χ1n) is 11.8. The first-order chi connectivity index (χ1) is 15.6. The number of benzene rings is 1. The highest BCUT2D eigenvalue weighted by atomic mass is 16.5. The van der Waals surface area contributed by atoms with E-state index in [9.17, 15) is 14.4 Å². The lowest BCUT2D eigenvalue weighted by Crippen LogP contribution is -2.46. The van der Waals surface area contributed by atoms with E-state index in [1.54, 1.807) is 4.57 Å². The van der Waals surface area contributed by atoms with E-state index in [1.807, 2.05) is 23.7 Å². The number of aromatic nitrogens is 2. The van der Waals surface area contributed by atoms with Gasteiger partial charge in [-0.15, -0.1) is 0 Å². The maximum atomic E-state index is 13.1. The summed E-state index contributed by atoms with van der Waals surface area (Å²) in [6, 6.07) is 5.63. The molecule has 8 nitrogen and oxygen atoms in total. The lowest BCUT2D eigenvalue weighted by atomic mass is 9.98. The van der Waals surface area contributed by atoms with Crippen molar-refractivity contribution in [2.45, 2.75) is 50.6 Å². The first-order valence-corrected chi connectivity index (χ1v) is 11.8. The number of piperidine rings is 2. The quantitative estimate of drug-likeness (QED) is 0.346. The zero-order chi connectivity index (χ0) is 22.5. The number of fused-ring (bicyclic) bond motifs is 1. The molecule has 2 aliphatic rings. The fourth-order valence-corrected chi connectivity index (χ4v) is 5.12. The van der Waals surface area contributed by atoms with E-state index in [0.29, 0.717) is 31.6 Å². The van der Waals surface area contributed by atoms with Gasteiger partial charge in [0, 0.05) is 26.8 Å². The number of rotatable bonds is 9. The molecule has 2 aromatic rings. The maximum Gasteiger partial charge on any atom is 0.329 e. The molecule has 2 atom stereocenters. The predicted octanol–water partition coefficient (Wildman–Crippen LogP) is 1.35. The van der Waals surface area contributed by atoms with Crippen molar-refractivity contribution in [1.29, 1.82) is 0 Å². The number of Topliss-reactive ketones (excluding diaryl/α,β-unsaturated/α-hetero) is 1. The SMILES string of the molecule is Cn1c(=O)n(C2CCC(C(=O)C=O)NC2)c2cccc(CCCOCC3CCNCC3)c21. The third kappa shape index (κ3) is 4.87. The van der Waals surface area contributed by atoms with Gasteiger partial charge in [-0.1, -0.05) is 12.1 Å². The average Bonchev–Trinajstić information content (AvgIpc) is 3.09. The Morgan fingerprint density at radius 1 is 1.22 bits per heavy atom. The van der Waals surface area contributed by atoms with E-state index >= 15 is 0 Å². The van der Waals surface area contributed by atoms with Crippen molar-refractivity contribution < 1.29 is 14.3 Å². The van der Waals surface area contributed by atoms with Crippen LogP contribution >= 0.6 is 0 Å². The van der Waals surface area contributed by atoms with Crippen molar-refractivity contribution in [3.05, 3.63) is 34.2 Å². The first kappa shape index (κ1) is 22.9. The Balaban J connectivity index is 1.41. The van der Waals surface area contributed by atoms with E-state index in [2.05, 4.69) is 16.7 Å². The second-order valence-corrected chi connectivity index (χ2v) is 9.08. The zero-order valence-corrected chi connectivity index (χ0v) is 18.8. The number of ketones is 1. The smallest absolute Gasteiger partial charge is 0.329 e. The largest absolute Gasteiger partial charge is 0.381 e. The van der Waals surface area contributed by atoms with Crippen LogP contribution in [0.2, 0.25) is 0 Å². The van der Waals surface area contributed by atoms with Gasteiger partial charge in [0.25, 0.3) is 0 Å². The van der Waals surface area contributed by atoms with Gasteiger partial charge in [0.2, 0.25) is 5.78 Å². The summed E-state index contributed by atoms with van der Waals surface area (Å²) in [5, 5.41) is 6.52. The molecule has 1 aromatic heterocycles. The zero-order valence-electron chi connectivity index (χ0n) is 18.8. The monoisotopic (exact) mass is 442 g/mol. The Bertz CT molecular complexity index is 997. The van der Waals surface area contributed by atoms with E-state index in [1.165, 1.54) is 12.8 Å². The Kier molecular flexibility index (Phi) is 7.55. The Hall–Kier alpha value is -2.29. The fraction of sp³-hybridized carbons (Fsp3) is 0.625. The van der Waals surface area contributed by atoms with Crippen molar-refractivity contribution in [3.8, 4) is 0 Å². The summed E-state index contributed by atoms with van der Waals surface area (Å²) < 4.78 is 9.53. The van der Waals surface area contributed by atoms with Crippen molar-refractivity contribution in [2.75, 3.05) is 32.8 Å². The lowest BCUT2D eigenvalue weighted by Gasteiger charge is -2.28. The van der Waals surface area contributed by atoms with E-state index in [0.717, 1.165) is 55.7 Å². The van der Waals surface area contributed by atoms with Gasteiger partial charge < -0.3 is 15.4 Å². The number of para-hydroxylation sites is 1. The van der Waals surface area contributed by atoms with E-state index in [-0.39, 0.29) is 11.7 Å². The molecule has 2 N–H and O–H groups in total. The van der Waals surface area contributed by atoms with Crippen molar-refractivity contribution in [3.63, 3.8) is 0 Å². The minimum Gasteiger partial charge on any atom is -0.381 e. The van der Waals surface area contributed by atoms with Crippen molar-refractivity contribution >= 4 is 23.1 Å². The molecule has 174 valence electrons. The summed E-state index contributed by atoms with van der Waals surface area (Å²) in [4.78, 5) is 35.5. The standard InChI is InChI=1S/C24H34N4O4/c1-27-23-18(5-3-13-32-16-17-9-11-25-12-10-17)4-2-6-21(23)28(24(27)31)19-7-8-20(26-14-19)22(30)15-29/h2,4,6,15,17,19-20,25-26H,3,5,7-14,16H2,1H3. The summed E-state index contributed by atoms with van der Waals surface area (Å²) in [6.45, 7) is 4.24. The number of nitrogens with zero attached hydrogens (tertiary/aromatic N) is 2. The number of hydrogen-bond donors (Lipinski definition) is 2. The number of aryl methyl sites for hydroxylation is 2. The van der Waals surface area contributed by atoms with Crippen LogP contribution in [0.3, 0.4) is 0 Å². The van der Waals surface area contributed by atoms with Gasteiger partial charge in [-0.25, -0.2) is 4.79 Å². The number of nitrogens with one attached hydrogen (secondary N) is 2. The summed E-state index contributed by atoms with van der Waals surface area (Å²) in [7, 11) is 1.83. The van der Waals surface area contributed by atoms with Gasteiger partial charge in [-0.05, 0) is 69.2 Å². The number of carbonyl (C=O) groups excluding carboxylic acids is 2. The summed E-state index contributed by atoms with van der Waals surface area (Å²) in [5.74, 6) is 0.249. The number of aldehydes is 1. The van der Waals surface area contributed by atoms with Crippen LogP contribution < -0.4 is 16.3 Å². The molecule has 32 heavy (non-hydrogen) atoms. The maximum absolute atomic E-state index is 13.1. The third-order valence-electron chi connectivity index (χ3n) is 6.95. The van der Waals surface area contributed by atoms with Crippen LogP contribution in [-0.4, -0.2) is 60.1 Å². The van der Waals surface area contributed by atoms with Crippen molar-refractivity contribution in [2.24, 2.45) is 13.0 Å². The molecular weight excluding hydrogens is 408 g/mol. The number of carbonyl (C=O) groups is 2. The Morgan fingerprint density at radius 2 is 2.03 bits per heavy atom. The van der Waals surface area contributed by atoms with Crippen LogP contribution in [0.4, 0.5) is 0 Å². The molecule has 2 unspecified atom stereocenters. The molecule has 8 heteroatoms. The van der Waals surface area contributed by atoms with Gasteiger partial charge in [0.05, 0.1) is 23.1 Å². The molecule has 1 aromatic carbocycles. The topological polar surface area (TPSA) is 94.4 Å². The molecule has 3 heterocycles. The molecule has 0 spiro atoms. The van der Waals surface area contributed by atoms with Gasteiger partial charge in [0.15, 0.2) is 6.29 Å².